The van der Waals surface area contributed by atoms with Gasteiger partial charge in [0, 0.05) is 0 Å². The Bertz CT molecular complexity index is 754. The molecule has 18 heavy (non-hydrogen) atoms. The Labute approximate surface area is 105 Å². The zero-order chi connectivity index (χ0) is 12.4. The van der Waals surface area contributed by atoms with Gasteiger partial charge in [-0.15, -0.1) is 0 Å². The fourth-order valence-corrected chi connectivity index (χ4v) is 2.21. The molecule has 0 aromatic heterocycles. The summed E-state index contributed by atoms with van der Waals surface area (Å²) in [5, 5.41) is 4.90. The molecule has 0 atom stereocenters. The third-order valence-corrected chi connectivity index (χ3v) is 3.10. The number of carbonyl (C=O) groups is 1. The first-order valence-electron chi connectivity index (χ1n) is 5.91. The summed E-state index contributed by atoms with van der Waals surface area (Å²) in [5.74, 6) is 0. The maximum Gasteiger partial charge on any atom is 0.142 e. The number of allylic oxidation sites excluding steroid dienone is 1. The monoisotopic (exact) mass is 232 g/mol. The van der Waals surface area contributed by atoms with Crippen LogP contribution in [0.3, 0.4) is 0 Å². The molecule has 0 unspecified atom stereocenters. The van der Waals surface area contributed by atoms with E-state index in [9.17, 15) is 4.79 Å². The number of hydrogen-bond donors (Lipinski definition) is 0. The maximum absolute atomic E-state index is 10.3. The summed E-state index contributed by atoms with van der Waals surface area (Å²) in [4.78, 5) is 10.3. The topological polar surface area (TPSA) is 17.1 Å². The molecule has 0 N–H and O–H groups in total. The van der Waals surface area contributed by atoms with E-state index in [2.05, 4.69) is 42.5 Å². The first-order chi connectivity index (χ1) is 8.86. The van der Waals surface area contributed by atoms with Crippen molar-refractivity contribution >= 4 is 33.9 Å². The predicted octanol–water partition coefficient (Wildman–Crippen LogP) is 4.21. The molecule has 1 heteroatoms. The first kappa shape index (κ1) is 10.7. The Morgan fingerprint density at radius 1 is 0.722 bits per heavy atom. The second-order valence-electron chi connectivity index (χ2n) is 4.30. The van der Waals surface area contributed by atoms with E-state index in [4.69, 9.17) is 0 Å². The van der Waals surface area contributed by atoms with Crippen LogP contribution in [-0.4, -0.2) is 6.29 Å². The largest absolute Gasteiger partial charge is 0.299 e. The Kier molecular flexibility index (Phi) is 2.66. The van der Waals surface area contributed by atoms with E-state index in [1.54, 1.807) is 0 Å². The van der Waals surface area contributed by atoms with Gasteiger partial charge in [-0.3, -0.25) is 4.79 Å². The molecule has 0 aliphatic rings. The highest BCUT2D eigenvalue weighted by atomic mass is 16.1. The highest BCUT2D eigenvalue weighted by Crippen LogP contribution is 2.24. The molecule has 0 fully saturated rings. The lowest BCUT2D eigenvalue weighted by molar-refractivity contribution is -0.104. The Morgan fingerprint density at radius 3 is 2.11 bits per heavy atom. The molecule has 3 rings (SSSR count). The van der Waals surface area contributed by atoms with E-state index < -0.39 is 0 Å². The fourth-order valence-electron chi connectivity index (χ4n) is 2.21. The van der Waals surface area contributed by atoms with Crippen molar-refractivity contribution in [2.45, 2.75) is 0 Å². The lowest BCUT2D eigenvalue weighted by Gasteiger charge is -2.03. The van der Waals surface area contributed by atoms with Gasteiger partial charge in [0.05, 0.1) is 0 Å². The number of benzene rings is 3. The minimum absolute atomic E-state index is 0.796. The number of carbonyl (C=O) groups excluding carboxylic acids is 1. The Balaban J connectivity index is 2.23. The molecule has 3 aromatic rings. The van der Waals surface area contributed by atoms with Crippen LogP contribution in [0.4, 0.5) is 0 Å². The van der Waals surface area contributed by atoms with E-state index in [-0.39, 0.29) is 0 Å². The molecule has 0 spiro atoms. The molecule has 0 amide bonds. The van der Waals surface area contributed by atoms with Crippen LogP contribution in [0.1, 0.15) is 5.56 Å². The quantitative estimate of drug-likeness (QED) is 0.367. The van der Waals surface area contributed by atoms with Crippen molar-refractivity contribution in [2.75, 3.05) is 0 Å². The van der Waals surface area contributed by atoms with Gasteiger partial charge in [-0.05, 0) is 51.4 Å². The van der Waals surface area contributed by atoms with Crippen LogP contribution in [0.2, 0.25) is 0 Å². The molecular weight excluding hydrogens is 220 g/mol. The summed E-state index contributed by atoms with van der Waals surface area (Å²) in [6.07, 6.45) is 4.13. The van der Waals surface area contributed by atoms with Crippen LogP contribution >= 0.6 is 0 Å². The van der Waals surface area contributed by atoms with Crippen LogP contribution in [0.15, 0.2) is 60.7 Å². The van der Waals surface area contributed by atoms with Gasteiger partial charge in [0.1, 0.15) is 6.29 Å². The Hall–Kier alpha value is -2.41. The van der Waals surface area contributed by atoms with Crippen molar-refractivity contribution in [3.8, 4) is 0 Å². The third kappa shape index (κ3) is 1.91. The summed E-state index contributed by atoms with van der Waals surface area (Å²) >= 11 is 0. The highest BCUT2D eigenvalue weighted by molar-refractivity contribution is 5.99. The summed E-state index contributed by atoms with van der Waals surface area (Å²) in [7, 11) is 0. The van der Waals surface area contributed by atoms with Crippen molar-refractivity contribution in [2.24, 2.45) is 0 Å². The second kappa shape index (κ2) is 4.46. The van der Waals surface area contributed by atoms with Crippen LogP contribution in [0.25, 0.3) is 27.6 Å². The molecule has 0 saturated carbocycles. The predicted molar refractivity (Wildman–Crippen MR) is 76.6 cm³/mol. The average molecular weight is 232 g/mol. The SMILES string of the molecule is O=CC=Cc1ccc2cc3ccccc3cc2c1. The zero-order valence-electron chi connectivity index (χ0n) is 9.84. The van der Waals surface area contributed by atoms with Crippen LogP contribution in [0, 0.1) is 0 Å². The molecule has 0 radical (unpaired) electrons. The van der Waals surface area contributed by atoms with Crippen LogP contribution < -0.4 is 0 Å². The smallest absolute Gasteiger partial charge is 0.142 e. The average Bonchev–Trinajstić information content (AvgIpc) is 2.42. The van der Waals surface area contributed by atoms with Crippen molar-refractivity contribution in [1.29, 1.82) is 0 Å². The van der Waals surface area contributed by atoms with Crippen molar-refractivity contribution < 1.29 is 4.79 Å². The summed E-state index contributed by atoms with van der Waals surface area (Å²) < 4.78 is 0. The number of hydrogen-bond acceptors (Lipinski definition) is 1. The molecule has 86 valence electrons. The number of rotatable bonds is 2. The van der Waals surface area contributed by atoms with E-state index in [0.717, 1.165) is 11.8 Å². The van der Waals surface area contributed by atoms with Crippen LogP contribution in [-0.2, 0) is 4.79 Å². The molecule has 1 nitrogen and oxygen atoms in total. The minimum atomic E-state index is 0.796. The third-order valence-electron chi connectivity index (χ3n) is 3.10. The van der Waals surface area contributed by atoms with Gasteiger partial charge in [-0.1, -0.05) is 42.5 Å². The van der Waals surface area contributed by atoms with Gasteiger partial charge in [0.15, 0.2) is 0 Å². The van der Waals surface area contributed by atoms with Crippen molar-refractivity contribution in [3.63, 3.8) is 0 Å². The molecular formula is C17H12O. The van der Waals surface area contributed by atoms with Gasteiger partial charge in [-0.2, -0.15) is 0 Å². The van der Waals surface area contributed by atoms with E-state index in [1.807, 2.05) is 18.2 Å². The molecule has 0 aliphatic carbocycles. The summed E-state index contributed by atoms with van der Waals surface area (Å²) in [6.45, 7) is 0. The van der Waals surface area contributed by atoms with E-state index >= 15 is 0 Å². The van der Waals surface area contributed by atoms with Gasteiger partial charge >= 0.3 is 0 Å². The van der Waals surface area contributed by atoms with E-state index in [1.165, 1.54) is 27.6 Å². The minimum Gasteiger partial charge on any atom is -0.299 e. The lowest BCUT2D eigenvalue weighted by Crippen LogP contribution is -1.78. The fraction of sp³-hybridized carbons (Fsp3) is 0. The molecule has 0 bridgehead atoms. The van der Waals surface area contributed by atoms with Crippen LogP contribution in [0.5, 0.6) is 0 Å². The number of fused-ring (bicyclic) bond motifs is 2. The van der Waals surface area contributed by atoms with Gasteiger partial charge < -0.3 is 0 Å². The first-order valence-corrected chi connectivity index (χ1v) is 5.91. The van der Waals surface area contributed by atoms with Gasteiger partial charge in [0.2, 0.25) is 0 Å². The van der Waals surface area contributed by atoms with Crippen molar-refractivity contribution in [1.82, 2.24) is 0 Å². The maximum atomic E-state index is 10.3. The lowest BCUT2D eigenvalue weighted by atomic mass is 10.0. The summed E-state index contributed by atoms with van der Waals surface area (Å²) in [5.41, 5.74) is 1.05. The number of aldehydes is 1. The standard InChI is InChI=1S/C17H12O/c18-9-3-4-13-7-8-16-11-14-5-1-2-6-15(14)12-17(16)10-13/h1-12H. The molecule has 0 saturated heterocycles. The van der Waals surface area contributed by atoms with Crippen molar-refractivity contribution in [3.05, 3.63) is 66.2 Å². The zero-order valence-corrected chi connectivity index (χ0v) is 9.84. The Morgan fingerprint density at radius 2 is 1.39 bits per heavy atom. The van der Waals surface area contributed by atoms with Gasteiger partial charge in [0.25, 0.3) is 0 Å². The second-order valence-corrected chi connectivity index (χ2v) is 4.30. The summed E-state index contributed by atoms with van der Waals surface area (Å²) in [6, 6.07) is 18.9. The molecule has 0 aliphatic heterocycles. The normalized spacial score (nSPS) is 11.3. The molecule has 3 aromatic carbocycles. The van der Waals surface area contributed by atoms with Gasteiger partial charge in [-0.25, -0.2) is 0 Å². The highest BCUT2D eigenvalue weighted by Gasteiger charge is 1.98. The molecule has 0 heterocycles. The van der Waals surface area contributed by atoms with E-state index in [0.29, 0.717) is 0 Å².